The summed E-state index contributed by atoms with van der Waals surface area (Å²) in [7, 11) is 0. The Morgan fingerprint density at radius 2 is 2.00 bits per heavy atom. The van der Waals surface area contributed by atoms with Gasteiger partial charge in [-0.15, -0.1) is 12.4 Å². The molecule has 1 amide bonds. The van der Waals surface area contributed by atoms with Crippen molar-refractivity contribution in [1.29, 1.82) is 0 Å². The van der Waals surface area contributed by atoms with E-state index in [0.29, 0.717) is 6.54 Å². The first kappa shape index (κ1) is 18.5. The van der Waals surface area contributed by atoms with Crippen molar-refractivity contribution in [2.45, 2.75) is 39.3 Å². The highest BCUT2D eigenvalue weighted by atomic mass is 35.5. The number of hydrogen-bond acceptors (Lipinski definition) is 3. The molecule has 3 rings (SSSR count). The molecule has 1 saturated heterocycles. The van der Waals surface area contributed by atoms with Crippen LogP contribution in [0.1, 0.15) is 40.2 Å². The van der Waals surface area contributed by atoms with E-state index in [0.717, 1.165) is 48.4 Å². The van der Waals surface area contributed by atoms with Crippen LogP contribution in [0.2, 0.25) is 0 Å². The van der Waals surface area contributed by atoms with Crippen LogP contribution in [0.25, 0.3) is 0 Å². The fraction of sp³-hybridized carbons (Fsp3) is 0.444. The summed E-state index contributed by atoms with van der Waals surface area (Å²) in [6, 6.07) is 10.1. The zero-order chi connectivity index (χ0) is 16.4. The number of amides is 1. The van der Waals surface area contributed by atoms with Gasteiger partial charge in [-0.3, -0.25) is 9.48 Å². The summed E-state index contributed by atoms with van der Waals surface area (Å²) in [4.78, 5) is 14.5. The minimum atomic E-state index is 0. The van der Waals surface area contributed by atoms with Crippen LogP contribution in [0.15, 0.2) is 30.3 Å². The quantitative estimate of drug-likeness (QED) is 0.923. The fourth-order valence-electron chi connectivity index (χ4n) is 3.27. The second-order valence-electron chi connectivity index (χ2n) is 6.31. The van der Waals surface area contributed by atoms with E-state index in [1.54, 1.807) is 0 Å². The first-order valence-electron chi connectivity index (χ1n) is 8.19. The van der Waals surface area contributed by atoms with Gasteiger partial charge in [0.1, 0.15) is 0 Å². The maximum Gasteiger partial charge on any atom is 0.254 e. The topological polar surface area (TPSA) is 64.2 Å². The molecule has 1 aliphatic rings. The zero-order valence-corrected chi connectivity index (χ0v) is 15.1. The number of halogens is 1. The Hall–Kier alpha value is -1.85. The maximum atomic E-state index is 12.6. The Morgan fingerprint density at radius 1 is 1.29 bits per heavy atom. The number of rotatable bonds is 4. The van der Waals surface area contributed by atoms with E-state index in [2.05, 4.69) is 18.1 Å². The van der Waals surface area contributed by atoms with Gasteiger partial charge in [-0.1, -0.05) is 12.1 Å². The molecule has 1 aromatic heterocycles. The minimum absolute atomic E-state index is 0. The zero-order valence-electron chi connectivity index (χ0n) is 14.2. The lowest BCUT2D eigenvalue weighted by molar-refractivity contribution is 0.0741. The van der Waals surface area contributed by atoms with Gasteiger partial charge in [-0.2, -0.15) is 5.10 Å². The van der Waals surface area contributed by atoms with Gasteiger partial charge in [0.15, 0.2) is 0 Å². The number of nitrogens with zero attached hydrogens (tertiary/aromatic N) is 3. The summed E-state index contributed by atoms with van der Waals surface area (Å²) in [5, 5.41) is 4.47. The van der Waals surface area contributed by atoms with Crippen LogP contribution in [0, 0.1) is 13.8 Å². The molecule has 0 aliphatic carbocycles. The molecule has 1 aromatic carbocycles. The number of aromatic nitrogens is 2. The van der Waals surface area contributed by atoms with Crippen molar-refractivity contribution >= 4 is 18.3 Å². The van der Waals surface area contributed by atoms with Crippen molar-refractivity contribution in [2.24, 2.45) is 5.73 Å². The Bertz CT molecular complexity index is 696. The molecule has 5 nitrogen and oxygen atoms in total. The normalized spacial score (nSPS) is 17.0. The lowest BCUT2D eigenvalue weighted by Crippen LogP contribution is -2.39. The SMILES string of the molecule is Cc1cc(C)n(Cc2ccc(C(=O)N3CCCC3CN)cc2)n1.Cl. The van der Waals surface area contributed by atoms with Crippen LogP contribution < -0.4 is 5.73 Å². The monoisotopic (exact) mass is 348 g/mol. The van der Waals surface area contributed by atoms with Gasteiger partial charge in [0.25, 0.3) is 5.91 Å². The molecule has 24 heavy (non-hydrogen) atoms. The molecule has 0 saturated carbocycles. The van der Waals surface area contributed by atoms with Crippen molar-refractivity contribution in [2.75, 3.05) is 13.1 Å². The number of carbonyl (C=O) groups excluding carboxylic acids is 1. The molecule has 0 radical (unpaired) electrons. The predicted molar refractivity (Wildman–Crippen MR) is 97.6 cm³/mol. The highest BCUT2D eigenvalue weighted by Crippen LogP contribution is 2.19. The summed E-state index contributed by atoms with van der Waals surface area (Å²) < 4.78 is 1.98. The van der Waals surface area contributed by atoms with E-state index < -0.39 is 0 Å². The van der Waals surface area contributed by atoms with Crippen molar-refractivity contribution < 1.29 is 4.79 Å². The summed E-state index contributed by atoms with van der Waals surface area (Å²) in [5.41, 5.74) is 9.81. The maximum absolute atomic E-state index is 12.6. The lowest BCUT2D eigenvalue weighted by Gasteiger charge is -2.23. The molecule has 2 N–H and O–H groups in total. The Morgan fingerprint density at radius 3 is 2.58 bits per heavy atom. The molecule has 0 bridgehead atoms. The van der Waals surface area contributed by atoms with Gasteiger partial charge in [-0.05, 0) is 50.5 Å². The molecule has 2 heterocycles. The van der Waals surface area contributed by atoms with Gasteiger partial charge < -0.3 is 10.6 Å². The number of likely N-dealkylation sites (tertiary alicyclic amines) is 1. The van der Waals surface area contributed by atoms with Crippen molar-refractivity contribution in [1.82, 2.24) is 14.7 Å². The minimum Gasteiger partial charge on any atom is -0.334 e. The van der Waals surface area contributed by atoms with E-state index in [-0.39, 0.29) is 24.4 Å². The third-order valence-electron chi connectivity index (χ3n) is 4.55. The molecule has 1 fully saturated rings. The number of benzene rings is 1. The van der Waals surface area contributed by atoms with Crippen LogP contribution in [0.4, 0.5) is 0 Å². The van der Waals surface area contributed by atoms with Gasteiger partial charge in [0.2, 0.25) is 0 Å². The summed E-state index contributed by atoms with van der Waals surface area (Å²) in [6.45, 7) is 6.13. The average molecular weight is 349 g/mol. The molecule has 0 spiro atoms. The average Bonchev–Trinajstić information content (AvgIpc) is 3.14. The van der Waals surface area contributed by atoms with Crippen LogP contribution in [-0.4, -0.2) is 39.7 Å². The fourth-order valence-corrected chi connectivity index (χ4v) is 3.27. The van der Waals surface area contributed by atoms with Crippen molar-refractivity contribution in [3.05, 3.63) is 52.8 Å². The molecule has 130 valence electrons. The molecular formula is C18H25ClN4O. The van der Waals surface area contributed by atoms with Gasteiger partial charge in [0, 0.05) is 30.4 Å². The standard InChI is InChI=1S/C18H24N4O.ClH/c1-13-10-14(2)22(20-13)12-15-5-7-16(8-6-15)18(23)21-9-3-4-17(21)11-19;/h5-8,10,17H,3-4,9,11-12,19H2,1-2H3;1H. The Kier molecular flexibility index (Phi) is 6.02. The van der Waals surface area contributed by atoms with E-state index in [1.165, 1.54) is 0 Å². The Labute approximate surface area is 149 Å². The molecule has 1 aliphatic heterocycles. The summed E-state index contributed by atoms with van der Waals surface area (Å²) in [6.07, 6.45) is 2.06. The van der Waals surface area contributed by atoms with Crippen LogP contribution in [-0.2, 0) is 6.54 Å². The van der Waals surface area contributed by atoms with Crippen LogP contribution in [0.5, 0.6) is 0 Å². The first-order valence-corrected chi connectivity index (χ1v) is 8.19. The van der Waals surface area contributed by atoms with E-state index in [4.69, 9.17) is 5.73 Å². The van der Waals surface area contributed by atoms with E-state index in [1.807, 2.05) is 40.8 Å². The number of nitrogens with two attached hydrogens (primary N) is 1. The largest absolute Gasteiger partial charge is 0.334 e. The molecule has 2 aromatic rings. The highest BCUT2D eigenvalue weighted by molar-refractivity contribution is 5.94. The highest BCUT2D eigenvalue weighted by Gasteiger charge is 2.28. The smallest absolute Gasteiger partial charge is 0.254 e. The molecule has 1 atom stereocenters. The van der Waals surface area contributed by atoms with Crippen LogP contribution >= 0.6 is 12.4 Å². The third kappa shape index (κ3) is 3.79. The van der Waals surface area contributed by atoms with E-state index >= 15 is 0 Å². The molecule has 1 unspecified atom stereocenters. The number of carbonyl (C=O) groups is 1. The van der Waals surface area contributed by atoms with Gasteiger partial charge in [-0.25, -0.2) is 0 Å². The predicted octanol–water partition coefficient (Wildman–Crippen LogP) is 2.53. The summed E-state index contributed by atoms with van der Waals surface area (Å²) >= 11 is 0. The Balaban J connectivity index is 0.00000208. The van der Waals surface area contributed by atoms with Gasteiger partial charge >= 0.3 is 0 Å². The second kappa shape index (κ2) is 7.81. The third-order valence-corrected chi connectivity index (χ3v) is 4.55. The lowest BCUT2D eigenvalue weighted by atomic mass is 10.1. The van der Waals surface area contributed by atoms with E-state index in [9.17, 15) is 4.79 Å². The van der Waals surface area contributed by atoms with Gasteiger partial charge in [0.05, 0.1) is 12.2 Å². The molecule has 6 heteroatoms. The van der Waals surface area contributed by atoms with Crippen LogP contribution in [0.3, 0.4) is 0 Å². The first-order chi connectivity index (χ1) is 11.1. The summed E-state index contributed by atoms with van der Waals surface area (Å²) in [5.74, 6) is 0.0932. The van der Waals surface area contributed by atoms with Crippen molar-refractivity contribution in [3.63, 3.8) is 0 Å². The number of hydrogen-bond donors (Lipinski definition) is 1. The molecular weight excluding hydrogens is 324 g/mol. The second-order valence-corrected chi connectivity index (χ2v) is 6.31. The number of aryl methyl sites for hydroxylation is 2. The van der Waals surface area contributed by atoms with Crippen molar-refractivity contribution in [3.8, 4) is 0 Å².